The molecule has 0 saturated carbocycles. The van der Waals surface area contributed by atoms with Crippen LogP contribution in [0.3, 0.4) is 0 Å². The molecule has 0 radical (unpaired) electrons. The molecule has 0 bridgehead atoms. The quantitative estimate of drug-likeness (QED) is 0.850. The van der Waals surface area contributed by atoms with Gasteiger partial charge in [0.2, 0.25) is 5.91 Å². The molecule has 1 heterocycles. The summed E-state index contributed by atoms with van der Waals surface area (Å²) in [6.45, 7) is 4.57. The third-order valence-corrected chi connectivity index (χ3v) is 3.07. The van der Waals surface area contributed by atoms with E-state index in [1.807, 2.05) is 32.0 Å². The Kier molecular flexibility index (Phi) is 2.69. The van der Waals surface area contributed by atoms with Gasteiger partial charge < -0.3 is 10.2 Å². The predicted molar refractivity (Wildman–Crippen MR) is 65.3 cm³/mol. The second-order valence-electron chi connectivity index (χ2n) is 3.61. The van der Waals surface area contributed by atoms with Crippen LogP contribution in [0, 0.1) is 0 Å². The topological polar surface area (TPSA) is 32.3 Å². The molecule has 0 spiro atoms. The summed E-state index contributed by atoms with van der Waals surface area (Å²) in [6, 6.07) is 5.79. The lowest BCUT2D eigenvalue weighted by Gasteiger charge is -2.33. The van der Waals surface area contributed by atoms with E-state index in [0.717, 1.165) is 15.8 Å². The highest BCUT2D eigenvalue weighted by Crippen LogP contribution is 2.33. The molecule has 0 saturated heterocycles. The minimum absolute atomic E-state index is 0.128. The van der Waals surface area contributed by atoms with Crippen LogP contribution < -0.4 is 10.2 Å². The summed E-state index contributed by atoms with van der Waals surface area (Å²) in [6.07, 6.45) is 0. The second-order valence-corrected chi connectivity index (χ2v) is 4.53. The van der Waals surface area contributed by atoms with E-state index in [1.54, 1.807) is 4.90 Å². The highest BCUT2D eigenvalue weighted by molar-refractivity contribution is 9.10. The monoisotopic (exact) mass is 268 g/mol. The van der Waals surface area contributed by atoms with E-state index in [4.69, 9.17) is 0 Å². The number of hydrogen-bond donors (Lipinski definition) is 1. The number of rotatable bonds is 1. The molecular formula is C11H13BrN2O. The molecule has 1 aromatic carbocycles. The van der Waals surface area contributed by atoms with Crippen LogP contribution in [0.15, 0.2) is 22.7 Å². The molecule has 1 aliphatic heterocycles. The average Bonchev–Trinajstić information content (AvgIpc) is 2.21. The lowest BCUT2D eigenvalue weighted by atomic mass is 10.1. The molecule has 1 unspecified atom stereocenters. The number of halogens is 1. The highest BCUT2D eigenvalue weighted by Gasteiger charge is 2.28. The largest absolute Gasteiger partial charge is 0.372 e. The Hall–Kier alpha value is -1.03. The molecule has 3 nitrogen and oxygen atoms in total. The Labute approximate surface area is 97.6 Å². The SMILES string of the molecule is CCN1C(=O)C(C)Nc2ccc(Br)cc21. The maximum atomic E-state index is 11.9. The third kappa shape index (κ3) is 1.74. The van der Waals surface area contributed by atoms with Crippen LogP contribution in [0.25, 0.3) is 0 Å². The van der Waals surface area contributed by atoms with Gasteiger partial charge in [-0.3, -0.25) is 4.79 Å². The van der Waals surface area contributed by atoms with Gasteiger partial charge in [-0.15, -0.1) is 0 Å². The van der Waals surface area contributed by atoms with Crippen LogP contribution in [-0.4, -0.2) is 18.5 Å². The van der Waals surface area contributed by atoms with Crippen LogP contribution in [-0.2, 0) is 4.79 Å². The van der Waals surface area contributed by atoms with Crippen LogP contribution in [0.2, 0.25) is 0 Å². The molecule has 0 aliphatic carbocycles. The zero-order chi connectivity index (χ0) is 11.0. The van der Waals surface area contributed by atoms with Crippen molar-refractivity contribution in [3.63, 3.8) is 0 Å². The van der Waals surface area contributed by atoms with Crippen molar-refractivity contribution in [1.82, 2.24) is 0 Å². The molecule has 80 valence electrons. The van der Waals surface area contributed by atoms with Gasteiger partial charge in [-0.2, -0.15) is 0 Å². The number of benzene rings is 1. The Morgan fingerprint density at radius 3 is 2.93 bits per heavy atom. The molecule has 0 fully saturated rings. The number of nitrogens with one attached hydrogen (secondary N) is 1. The normalized spacial score (nSPS) is 19.8. The van der Waals surface area contributed by atoms with Crippen molar-refractivity contribution in [3.05, 3.63) is 22.7 Å². The van der Waals surface area contributed by atoms with Crippen molar-refractivity contribution in [2.24, 2.45) is 0 Å². The summed E-state index contributed by atoms with van der Waals surface area (Å²) >= 11 is 3.42. The first-order valence-corrected chi connectivity index (χ1v) is 5.80. The van der Waals surface area contributed by atoms with Gasteiger partial charge in [-0.25, -0.2) is 0 Å². The summed E-state index contributed by atoms with van der Waals surface area (Å²) in [7, 11) is 0. The first-order chi connectivity index (χ1) is 7.13. The number of carbonyl (C=O) groups excluding carboxylic acids is 1. The fourth-order valence-electron chi connectivity index (χ4n) is 1.82. The molecular weight excluding hydrogens is 256 g/mol. The van der Waals surface area contributed by atoms with Crippen molar-refractivity contribution < 1.29 is 4.79 Å². The van der Waals surface area contributed by atoms with Crippen molar-refractivity contribution in [2.75, 3.05) is 16.8 Å². The summed E-state index contributed by atoms with van der Waals surface area (Å²) < 4.78 is 0.990. The molecule has 15 heavy (non-hydrogen) atoms. The summed E-state index contributed by atoms with van der Waals surface area (Å²) in [5, 5.41) is 3.19. The lowest BCUT2D eigenvalue weighted by Crippen LogP contribution is -2.45. The molecule has 1 N–H and O–H groups in total. The van der Waals surface area contributed by atoms with Crippen molar-refractivity contribution in [2.45, 2.75) is 19.9 Å². The van der Waals surface area contributed by atoms with E-state index in [1.165, 1.54) is 0 Å². The summed E-state index contributed by atoms with van der Waals surface area (Å²) in [4.78, 5) is 13.7. The summed E-state index contributed by atoms with van der Waals surface area (Å²) in [5.74, 6) is 0.128. The summed E-state index contributed by atoms with van der Waals surface area (Å²) in [5.41, 5.74) is 1.97. The van der Waals surface area contributed by atoms with Crippen LogP contribution in [0.1, 0.15) is 13.8 Å². The molecule has 1 amide bonds. The molecule has 2 rings (SSSR count). The standard InChI is InChI=1S/C11H13BrN2O/c1-3-14-10-6-8(12)4-5-9(10)13-7(2)11(14)15/h4-7,13H,3H2,1-2H3. The van der Waals surface area contributed by atoms with Gasteiger partial charge in [0, 0.05) is 11.0 Å². The molecule has 1 aliphatic rings. The number of anilines is 2. The first kappa shape index (κ1) is 10.5. The van der Waals surface area contributed by atoms with Crippen LogP contribution >= 0.6 is 15.9 Å². The molecule has 1 atom stereocenters. The second kappa shape index (κ2) is 3.85. The average molecular weight is 269 g/mol. The molecule has 1 aromatic rings. The fraction of sp³-hybridized carbons (Fsp3) is 0.364. The van der Waals surface area contributed by atoms with Crippen molar-refractivity contribution in [3.8, 4) is 0 Å². The van der Waals surface area contributed by atoms with E-state index >= 15 is 0 Å². The smallest absolute Gasteiger partial charge is 0.249 e. The number of likely N-dealkylation sites (N-methyl/N-ethyl adjacent to an activating group) is 1. The number of amides is 1. The van der Waals surface area contributed by atoms with Gasteiger partial charge in [0.1, 0.15) is 6.04 Å². The van der Waals surface area contributed by atoms with E-state index in [-0.39, 0.29) is 11.9 Å². The zero-order valence-electron chi connectivity index (χ0n) is 8.75. The van der Waals surface area contributed by atoms with E-state index in [0.29, 0.717) is 6.54 Å². The van der Waals surface area contributed by atoms with E-state index in [9.17, 15) is 4.79 Å². The Morgan fingerprint density at radius 1 is 1.53 bits per heavy atom. The van der Waals surface area contributed by atoms with Gasteiger partial charge in [-0.1, -0.05) is 15.9 Å². The fourth-order valence-corrected chi connectivity index (χ4v) is 2.17. The number of carbonyl (C=O) groups is 1. The van der Waals surface area contributed by atoms with Gasteiger partial charge in [-0.05, 0) is 32.0 Å². The maximum absolute atomic E-state index is 11.9. The first-order valence-electron chi connectivity index (χ1n) is 5.01. The lowest BCUT2D eigenvalue weighted by molar-refractivity contribution is -0.119. The maximum Gasteiger partial charge on any atom is 0.249 e. The predicted octanol–water partition coefficient (Wildman–Crippen LogP) is 2.62. The van der Waals surface area contributed by atoms with Gasteiger partial charge in [0.15, 0.2) is 0 Å². The van der Waals surface area contributed by atoms with E-state index in [2.05, 4.69) is 21.2 Å². The van der Waals surface area contributed by atoms with Crippen molar-refractivity contribution >= 4 is 33.2 Å². The number of nitrogens with zero attached hydrogens (tertiary/aromatic N) is 1. The number of fused-ring (bicyclic) bond motifs is 1. The Morgan fingerprint density at radius 2 is 2.27 bits per heavy atom. The highest BCUT2D eigenvalue weighted by atomic mass is 79.9. The molecule has 4 heteroatoms. The van der Waals surface area contributed by atoms with Crippen molar-refractivity contribution in [1.29, 1.82) is 0 Å². The third-order valence-electron chi connectivity index (χ3n) is 2.58. The molecule has 0 aromatic heterocycles. The van der Waals surface area contributed by atoms with Gasteiger partial charge in [0.05, 0.1) is 11.4 Å². The van der Waals surface area contributed by atoms with E-state index < -0.39 is 0 Å². The Balaban J connectivity index is 2.51. The minimum Gasteiger partial charge on any atom is -0.372 e. The number of hydrogen-bond acceptors (Lipinski definition) is 2. The Bertz CT molecular complexity index is 406. The zero-order valence-corrected chi connectivity index (χ0v) is 10.3. The van der Waals surface area contributed by atoms with Gasteiger partial charge >= 0.3 is 0 Å². The van der Waals surface area contributed by atoms with Crippen LogP contribution in [0.4, 0.5) is 11.4 Å². The minimum atomic E-state index is -0.140. The van der Waals surface area contributed by atoms with Crippen LogP contribution in [0.5, 0.6) is 0 Å². The van der Waals surface area contributed by atoms with Gasteiger partial charge in [0.25, 0.3) is 0 Å².